The molecule has 0 saturated heterocycles. The van der Waals surface area contributed by atoms with Crippen LogP contribution in [0.25, 0.3) is 0 Å². The molecule has 0 bridgehead atoms. The Hall–Kier alpha value is -0.290. The highest BCUT2D eigenvalue weighted by Gasteiger charge is 1.97. The predicted molar refractivity (Wildman–Crippen MR) is 46.7 cm³/mol. The van der Waals surface area contributed by atoms with Gasteiger partial charge in [0.2, 0.25) is 0 Å². The number of aromatic hydroxyl groups is 1. The van der Waals surface area contributed by atoms with Crippen LogP contribution in [0.5, 0.6) is 5.75 Å². The molecular formula is C7H7IO2. The smallest absolute Gasteiger partial charge is 0.116 e. The summed E-state index contributed by atoms with van der Waals surface area (Å²) in [6.45, 7) is 0.0263. The molecule has 54 valence electrons. The third-order valence-electron chi connectivity index (χ3n) is 1.21. The molecule has 1 aromatic rings. The van der Waals surface area contributed by atoms with Crippen molar-refractivity contribution in [2.24, 2.45) is 0 Å². The van der Waals surface area contributed by atoms with E-state index >= 15 is 0 Å². The van der Waals surface area contributed by atoms with Gasteiger partial charge >= 0.3 is 0 Å². The number of hydrogen-bond acceptors (Lipinski definition) is 2. The van der Waals surface area contributed by atoms with Crippen LogP contribution in [0.3, 0.4) is 0 Å². The third-order valence-corrected chi connectivity index (χ3v) is 2.21. The van der Waals surface area contributed by atoms with Crippen molar-refractivity contribution in [3.8, 4) is 5.75 Å². The fourth-order valence-electron chi connectivity index (χ4n) is 0.664. The van der Waals surface area contributed by atoms with Crippen LogP contribution >= 0.6 is 22.6 Å². The zero-order chi connectivity index (χ0) is 7.56. The second-order valence-electron chi connectivity index (χ2n) is 1.93. The minimum Gasteiger partial charge on any atom is -0.508 e. The fourth-order valence-corrected chi connectivity index (χ4v) is 1.33. The van der Waals surface area contributed by atoms with E-state index in [1.807, 2.05) is 0 Å². The minimum absolute atomic E-state index is 0.0263. The van der Waals surface area contributed by atoms with Crippen LogP contribution in [0.2, 0.25) is 0 Å². The van der Waals surface area contributed by atoms with Crippen molar-refractivity contribution >= 4 is 22.6 Å². The lowest BCUT2D eigenvalue weighted by Gasteiger charge is -1.99. The summed E-state index contributed by atoms with van der Waals surface area (Å²) in [5, 5.41) is 17.7. The second-order valence-corrected chi connectivity index (χ2v) is 3.10. The molecule has 3 heteroatoms. The van der Waals surface area contributed by atoms with Crippen molar-refractivity contribution in [2.45, 2.75) is 6.61 Å². The van der Waals surface area contributed by atoms with Gasteiger partial charge in [0.25, 0.3) is 0 Å². The Labute approximate surface area is 72.6 Å². The summed E-state index contributed by atoms with van der Waals surface area (Å²) in [6, 6.07) is 4.89. The largest absolute Gasteiger partial charge is 0.508 e. The maximum absolute atomic E-state index is 8.95. The zero-order valence-electron chi connectivity index (χ0n) is 5.21. The van der Waals surface area contributed by atoms with E-state index in [0.717, 1.165) is 9.13 Å². The number of hydrogen-bond donors (Lipinski definition) is 2. The van der Waals surface area contributed by atoms with E-state index in [-0.39, 0.29) is 12.4 Å². The van der Waals surface area contributed by atoms with E-state index in [4.69, 9.17) is 10.2 Å². The Balaban J connectivity index is 3.07. The standard InChI is InChI=1S/C7H7IO2/c8-7-3-6(10)2-1-5(7)4-9/h1-3,9-10H,4H2. The summed E-state index contributed by atoms with van der Waals surface area (Å²) in [5.41, 5.74) is 0.846. The SMILES string of the molecule is OCc1ccc(O)cc1I. The van der Waals surface area contributed by atoms with Gasteiger partial charge in [-0.2, -0.15) is 0 Å². The first-order valence-electron chi connectivity index (χ1n) is 2.82. The normalized spacial score (nSPS) is 9.80. The molecule has 0 unspecified atom stereocenters. The first-order valence-corrected chi connectivity index (χ1v) is 3.90. The maximum Gasteiger partial charge on any atom is 0.116 e. The maximum atomic E-state index is 8.95. The van der Waals surface area contributed by atoms with Gasteiger partial charge in [0.05, 0.1) is 6.61 Å². The number of aliphatic hydroxyl groups is 1. The Morgan fingerprint density at radius 1 is 1.40 bits per heavy atom. The summed E-state index contributed by atoms with van der Waals surface area (Å²) >= 11 is 2.07. The molecule has 0 aromatic heterocycles. The van der Waals surface area contributed by atoms with Gasteiger partial charge < -0.3 is 10.2 Å². The van der Waals surface area contributed by atoms with Gasteiger partial charge in [-0.15, -0.1) is 0 Å². The average molecular weight is 250 g/mol. The highest BCUT2D eigenvalue weighted by molar-refractivity contribution is 14.1. The Morgan fingerprint density at radius 3 is 2.60 bits per heavy atom. The summed E-state index contributed by atoms with van der Waals surface area (Å²) in [5.74, 6) is 0.238. The van der Waals surface area contributed by atoms with Gasteiger partial charge in [-0.3, -0.25) is 0 Å². The van der Waals surface area contributed by atoms with Crippen LogP contribution in [0.4, 0.5) is 0 Å². The number of aliphatic hydroxyl groups excluding tert-OH is 1. The molecule has 1 aromatic carbocycles. The number of rotatable bonds is 1. The molecule has 0 atom stereocenters. The molecule has 2 N–H and O–H groups in total. The molecule has 0 radical (unpaired) electrons. The van der Waals surface area contributed by atoms with Crippen molar-refractivity contribution in [1.29, 1.82) is 0 Å². The van der Waals surface area contributed by atoms with Gasteiger partial charge in [0.1, 0.15) is 5.75 Å². The van der Waals surface area contributed by atoms with Gasteiger partial charge in [0.15, 0.2) is 0 Å². The quantitative estimate of drug-likeness (QED) is 0.741. The fraction of sp³-hybridized carbons (Fsp3) is 0.143. The van der Waals surface area contributed by atoms with Gasteiger partial charge in [-0.25, -0.2) is 0 Å². The topological polar surface area (TPSA) is 40.5 Å². The van der Waals surface area contributed by atoms with Crippen LogP contribution in [0.1, 0.15) is 5.56 Å². The van der Waals surface area contributed by atoms with E-state index in [9.17, 15) is 0 Å². The molecule has 0 aliphatic carbocycles. The Morgan fingerprint density at radius 2 is 2.10 bits per heavy atom. The molecule has 0 aliphatic rings. The Bertz CT molecular complexity index is 235. The molecule has 0 amide bonds. The van der Waals surface area contributed by atoms with E-state index < -0.39 is 0 Å². The monoisotopic (exact) mass is 250 g/mol. The Kier molecular flexibility index (Phi) is 2.50. The lowest BCUT2D eigenvalue weighted by atomic mass is 10.2. The van der Waals surface area contributed by atoms with Crippen LogP contribution < -0.4 is 0 Å². The van der Waals surface area contributed by atoms with Gasteiger partial charge in [0, 0.05) is 3.57 Å². The minimum atomic E-state index is 0.0263. The molecule has 1 rings (SSSR count). The first kappa shape index (κ1) is 7.81. The van der Waals surface area contributed by atoms with E-state index in [2.05, 4.69) is 22.6 Å². The molecule has 2 nitrogen and oxygen atoms in total. The molecule has 0 fully saturated rings. The van der Waals surface area contributed by atoms with Gasteiger partial charge in [-0.05, 0) is 40.3 Å². The molecule has 0 aliphatic heterocycles. The van der Waals surface area contributed by atoms with E-state index in [1.165, 1.54) is 0 Å². The van der Waals surface area contributed by atoms with E-state index in [0.29, 0.717) is 0 Å². The van der Waals surface area contributed by atoms with Crippen LogP contribution in [0.15, 0.2) is 18.2 Å². The summed E-state index contributed by atoms with van der Waals surface area (Å²) in [4.78, 5) is 0. The highest BCUT2D eigenvalue weighted by atomic mass is 127. The molecule has 0 heterocycles. The number of halogens is 1. The second kappa shape index (κ2) is 3.21. The van der Waals surface area contributed by atoms with Crippen LogP contribution in [-0.2, 0) is 6.61 Å². The van der Waals surface area contributed by atoms with Crippen LogP contribution in [-0.4, -0.2) is 10.2 Å². The summed E-state index contributed by atoms with van der Waals surface area (Å²) in [7, 11) is 0. The van der Waals surface area contributed by atoms with Crippen molar-refractivity contribution in [1.82, 2.24) is 0 Å². The number of phenols is 1. The lowest BCUT2D eigenvalue weighted by Crippen LogP contribution is -1.86. The number of phenolic OH excluding ortho intramolecular Hbond substituents is 1. The zero-order valence-corrected chi connectivity index (χ0v) is 7.37. The third kappa shape index (κ3) is 1.60. The highest BCUT2D eigenvalue weighted by Crippen LogP contribution is 2.17. The van der Waals surface area contributed by atoms with Crippen molar-refractivity contribution in [2.75, 3.05) is 0 Å². The predicted octanol–water partition coefficient (Wildman–Crippen LogP) is 1.49. The van der Waals surface area contributed by atoms with Crippen molar-refractivity contribution in [3.63, 3.8) is 0 Å². The molecular weight excluding hydrogens is 243 g/mol. The molecule has 0 saturated carbocycles. The molecule has 10 heavy (non-hydrogen) atoms. The van der Waals surface area contributed by atoms with Crippen LogP contribution in [0, 0.1) is 3.57 Å². The van der Waals surface area contributed by atoms with Gasteiger partial charge in [-0.1, -0.05) is 6.07 Å². The number of benzene rings is 1. The summed E-state index contributed by atoms with van der Waals surface area (Å²) in [6.07, 6.45) is 0. The first-order chi connectivity index (χ1) is 4.74. The van der Waals surface area contributed by atoms with Crippen molar-refractivity contribution in [3.05, 3.63) is 27.3 Å². The van der Waals surface area contributed by atoms with E-state index in [1.54, 1.807) is 18.2 Å². The molecule has 0 spiro atoms. The summed E-state index contributed by atoms with van der Waals surface area (Å²) < 4.78 is 0.889. The average Bonchev–Trinajstić information content (AvgIpc) is 1.88. The van der Waals surface area contributed by atoms with Crippen molar-refractivity contribution < 1.29 is 10.2 Å². The lowest BCUT2D eigenvalue weighted by molar-refractivity contribution is 0.281.